The number of anilines is 1. The summed E-state index contributed by atoms with van der Waals surface area (Å²) in [7, 11) is 0. The van der Waals surface area contributed by atoms with Crippen molar-refractivity contribution >= 4 is 22.4 Å². The van der Waals surface area contributed by atoms with Crippen molar-refractivity contribution in [2.24, 2.45) is 0 Å². The number of hydrogen-bond donors (Lipinski definition) is 2. The zero-order valence-corrected chi connectivity index (χ0v) is 13.7. The van der Waals surface area contributed by atoms with E-state index in [9.17, 15) is 13.6 Å². The van der Waals surface area contributed by atoms with Crippen LogP contribution >= 0.6 is 0 Å². The maximum atomic E-state index is 13.6. The molecule has 1 amide bonds. The Balaban J connectivity index is 1.66. The number of carbonyl (C=O) groups is 1. The molecule has 0 aliphatic rings. The summed E-state index contributed by atoms with van der Waals surface area (Å²) >= 11 is 0. The number of amides is 1. The van der Waals surface area contributed by atoms with Gasteiger partial charge in [0, 0.05) is 12.1 Å². The third-order valence-electron chi connectivity index (χ3n) is 4.06. The summed E-state index contributed by atoms with van der Waals surface area (Å²) in [4.78, 5) is 12.0. The minimum atomic E-state index is -0.670. The van der Waals surface area contributed by atoms with Gasteiger partial charge >= 0.3 is 0 Å². The minimum Gasteiger partial charge on any atom is -0.322 e. The highest BCUT2D eigenvalue weighted by atomic mass is 19.1. The quantitative estimate of drug-likeness (QED) is 0.722. The highest BCUT2D eigenvalue weighted by Gasteiger charge is 2.12. The summed E-state index contributed by atoms with van der Waals surface area (Å²) in [5, 5.41) is 7.73. The Hall–Kier alpha value is -2.79. The topological polar surface area (TPSA) is 41.1 Å². The first-order valence-electron chi connectivity index (χ1n) is 8.00. The summed E-state index contributed by atoms with van der Waals surface area (Å²) in [6.07, 6.45) is 0. The third kappa shape index (κ3) is 4.00. The van der Waals surface area contributed by atoms with Crippen molar-refractivity contribution in [3.05, 3.63) is 77.9 Å². The van der Waals surface area contributed by atoms with Crippen LogP contribution in [0.25, 0.3) is 10.8 Å². The highest BCUT2D eigenvalue weighted by molar-refractivity contribution is 5.92. The van der Waals surface area contributed by atoms with Crippen LogP contribution in [0.4, 0.5) is 14.5 Å². The molecule has 3 rings (SSSR count). The Kier molecular flexibility index (Phi) is 5.05. The van der Waals surface area contributed by atoms with E-state index < -0.39 is 17.5 Å². The molecule has 3 nitrogen and oxygen atoms in total. The van der Waals surface area contributed by atoms with Crippen LogP contribution in [0.2, 0.25) is 0 Å². The summed E-state index contributed by atoms with van der Waals surface area (Å²) in [6, 6.07) is 16.9. The van der Waals surface area contributed by atoms with Crippen molar-refractivity contribution in [2.75, 3.05) is 11.9 Å². The van der Waals surface area contributed by atoms with Gasteiger partial charge in [-0.1, -0.05) is 42.5 Å². The fraction of sp³-hybridized carbons (Fsp3) is 0.150. The van der Waals surface area contributed by atoms with E-state index >= 15 is 0 Å². The second-order valence-electron chi connectivity index (χ2n) is 5.84. The van der Waals surface area contributed by atoms with Gasteiger partial charge < -0.3 is 10.6 Å². The number of halogens is 2. The van der Waals surface area contributed by atoms with E-state index in [2.05, 4.69) is 10.6 Å². The van der Waals surface area contributed by atoms with Gasteiger partial charge in [0.2, 0.25) is 5.91 Å². The largest absolute Gasteiger partial charge is 0.322 e. The molecule has 0 heterocycles. The van der Waals surface area contributed by atoms with Gasteiger partial charge in [0.15, 0.2) is 0 Å². The molecule has 25 heavy (non-hydrogen) atoms. The molecule has 0 bridgehead atoms. The minimum absolute atomic E-state index is 0.0136. The van der Waals surface area contributed by atoms with E-state index in [1.54, 1.807) is 0 Å². The predicted octanol–water partition coefficient (Wildman–Crippen LogP) is 4.41. The molecule has 3 aromatic carbocycles. The van der Waals surface area contributed by atoms with Gasteiger partial charge in [0.1, 0.15) is 11.6 Å². The van der Waals surface area contributed by atoms with Gasteiger partial charge in [0.25, 0.3) is 0 Å². The first-order valence-corrected chi connectivity index (χ1v) is 8.00. The van der Waals surface area contributed by atoms with Gasteiger partial charge in [-0.15, -0.1) is 0 Å². The van der Waals surface area contributed by atoms with Crippen molar-refractivity contribution in [1.29, 1.82) is 0 Å². The van der Waals surface area contributed by atoms with Gasteiger partial charge in [0.05, 0.1) is 12.2 Å². The lowest BCUT2D eigenvalue weighted by Gasteiger charge is -2.16. The van der Waals surface area contributed by atoms with E-state index in [0.717, 1.165) is 34.5 Å². The van der Waals surface area contributed by atoms with Crippen molar-refractivity contribution in [3.63, 3.8) is 0 Å². The Morgan fingerprint density at radius 1 is 1.04 bits per heavy atom. The summed E-state index contributed by atoms with van der Waals surface area (Å²) in [5.41, 5.74) is 0.910. The number of benzene rings is 3. The SMILES string of the molecule is C[C@@H](NCC(=O)Nc1cc(F)ccc1F)c1cccc2ccccc12. The van der Waals surface area contributed by atoms with Crippen LogP contribution in [0.5, 0.6) is 0 Å². The molecule has 5 heteroatoms. The van der Waals surface area contributed by atoms with E-state index in [4.69, 9.17) is 0 Å². The fourth-order valence-corrected chi connectivity index (χ4v) is 2.77. The monoisotopic (exact) mass is 340 g/mol. The zero-order valence-electron chi connectivity index (χ0n) is 13.7. The number of carbonyl (C=O) groups excluding carboxylic acids is 1. The normalized spacial score (nSPS) is 12.1. The summed E-state index contributed by atoms with van der Waals surface area (Å²) < 4.78 is 26.7. The molecule has 0 spiro atoms. The number of nitrogens with one attached hydrogen (secondary N) is 2. The van der Waals surface area contributed by atoms with Crippen LogP contribution in [0, 0.1) is 11.6 Å². The highest BCUT2D eigenvalue weighted by Crippen LogP contribution is 2.24. The lowest BCUT2D eigenvalue weighted by molar-refractivity contribution is -0.115. The fourth-order valence-electron chi connectivity index (χ4n) is 2.77. The van der Waals surface area contributed by atoms with E-state index in [-0.39, 0.29) is 18.3 Å². The molecule has 2 N–H and O–H groups in total. The standard InChI is InChI=1S/C20H18F2N2O/c1-13(16-8-4-6-14-5-2-3-7-17(14)16)23-12-20(25)24-19-11-15(21)9-10-18(19)22/h2-11,13,23H,12H2,1H3,(H,24,25)/t13-/m1/s1. The first kappa shape index (κ1) is 17.0. The smallest absolute Gasteiger partial charge is 0.238 e. The molecule has 128 valence electrons. The van der Waals surface area contributed by atoms with Crippen molar-refractivity contribution < 1.29 is 13.6 Å². The van der Waals surface area contributed by atoms with Crippen molar-refractivity contribution in [2.45, 2.75) is 13.0 Å². The number of hydrogen-bond acceptors (Lipinski definition) is 2. The molecule has 0 saturated carbocycles. The number of fused-ring (bicyclic) bond motifs is 1. The van der Waals surface area contributed by atoms with Crippen LogP contribution in [-0.2, 0) is 4.79 Å². The zero-order chi connectivity index (χ0) is 17.8. The van der Waals surface area contributed by atoms with Gasteiger partial charge in [-0.05, 0) is 35.4 Å². The van der Waals surface area contributed by atoms with Crippen LogP contribution in [0.1, 0.15) is 18.5 Å². The molecule has 0 aromatic heterocycles. The van der Waals surface area contributed by atoms with E-state index in [0.29, 0.717) is 0 Å². The predicted molar refractivity (Wildman–Crippen MR) is 95.4 cm³/mol. The Morgan fingerprint density at radius 2 is 1.80 bits per heavy atom. The van der Waals surface area contributed by atoms with Crippen LogP contribution < -0.4 is 10.6 Å². The van der Waals surface area contributed by atoms with Crippen molar-refractivity contribution in [1.82, 2.24) is 5.32 Å². The molecule has 0 aliphatic carbocycles. The van der Waals surface area contributed by atoms with Gasteiger partial charge in [-0.3, -0.25) is 4.79 Å². The third-order valence-corrected chi connectivity index (χ3v) is 4.06. The summed E-state index contributed by atoms with van der Waals surface area (Å²) in [5.74, 6) is -1.71. The van der Waals surface area contributed by atoms with Crippen molar-refractivity contribution in [3.8, 4) is 0 Å². The maximum Gasteiger partial charge on any atom is 0.238 e. The maximum absolute atomic E-state index is 13.6. The molecule has 0 fully saturated rings. The van der Waals surface area contributed by atoms with Crippen LogP contribution in [0.3, 0.4) is 0 Å². The molecule has 0 radical (unpaired) electrons. The molecular formula is C20H18F2N2O. The molecule has 1 atom stereocenters. The average molecular weight is 340 g/mol. The van der Waals surface area contributed by atoms with E-state index in [1.165, 1.54) is 0 Å². The Morgan fingerprint density at radius 3 is 2.64 bits per heavy atom. The number of rotatable bonds is 5. The Labute approximate surface area is 144 Å². The molecule has 0 aliphatic heterocycles. The second-order valence-corrected chi connectivity index (χ2v) is 5.84. The van der Waals surface area contributed by atoms with E-state index in [1.807, 2.05) is 49.4 Å². The molecule has 0 unspecified atom stereocenters. The molecule has 0 saturated heterocycles. The average Bonchev–Trinajstić information content (AvgIpc) is 2.62. The molecule has 3 aromatic rings. The second kappa shape index (κ2) is 7.40. The van der Waals surface area contributed by atoms with Crippen LogP contribution in [-0.4, -0.2) is 12.5 Å². The first-order chi connectivity index (χ1) is 12.0. The Bertz CT molecular complexity index is 906. The molecular weight excluding hydrogens is 322 g/mol. The summed E-state index contributed by atoms with van der Waals surface area (Å²) in [6.45, 7) is 1.94. The lowest BCUT2D eigenvalue weighted by atomic mass is 10.00. The van der Waals surface area contributed by atoms with Gasteiger partial charge in [-0.25, -0.2) is 8.78 Å². The van der Waals surface area contributed by atoms with Gasteiger partial charge in [-0.2, -0.15) is 0 Å². The lowest BCUT2D eigenvalue weighted by Crippen LogP contribution is -2.30. The van der Waals surface area contributed by atoms with Crippen LogP contribution in [0.15, 0.2) is 60.7 Å².